The van der Waals surface area contributed by atoms with Crippen LogP contribution in [-0.4, -0.2) is 156 Å². The molecule has 4 aliphatic rings. The number of nitrogens with zero attached hydrogens (tertiary/aromatic N) is 9. The first-order valence-electron chi connectivity index (χ1n) is 13.5. The lowest BCUT2D eigenvalue weighted by molar-refractivity contribution is -0.149. The molecule has 3 aromatic heterocycles. The van der Waals surface area contributed by atoms with Gasteiger partial charge in [0, 0.05) is 0 Å². The van der Waals surface area contributed by atoms with E-state index in [0.29, 0.717) is 0 Å². The molecule has 21 heteroatoms. The van der Waals surface area contributed by atoms with Crippen molar-refractivity contribution in [2.45, 2.75) is 60.8 Å². The van der Waals surface area contributed by atoms with Crippen molar-refractivity contribution in [2.75, 3.05) is 18.5 Å². The van der Waals surface area contributed by atoms with Crippen LogP contribution < -0.4 is 5.32 Å². The van der Waals surface area contributed by atoms with E-state index in [-0.39, 0.29) is 40.6 Å². The van der Waals surface area contributed by atoms with E-state index in [4.69, 9.17) is 9.47 Å². The molecule has 0 radical (unpaired) electrons. The Labute approximate surface area is 250 Å². The first kappa shape index (κ1) is 29.2. The molecule has 8 N–H and O–H groups in total. The van der Waals surface area contributed by atoms with E-state index in [9.17, 15) is 45.3 Å². The number of aliphatic hydroxyl groups excluding tert-OH is 6. The number of nitrogens with one attached hydrogen (secondary N) is 1. The van der Waals surface area contributed by atoms with E-state index in [1.807, 2.05) is 0 Å². The quantitative estimate of drug-likeness (QED) is 0.0858. The molecule has 21 nitrogen and oxygen atoms in total. The van der Waals surface area contributed by atoms with Crippen molar-refractivity contribution >= 4 is 47.2 Å². The number of aldehydes is 1. The molecular weight excluding hydrogens is 604 g/mol. The van der Waals surface area contributed by atoms with Gasteiger partial charge in [-0.25, -0.2) is 34.7 Å². The number of anilines is 1. The predicted molar refractivity (Wildman–Crippen MR) is 144 cm³/mol. The lowest BCUT2D eigenvalue weighted by Gasteiger charge is -2.33. The van der Waals surface area contributed by atoms with E-state index < -0.39 is 80.0 Å². The Bertz CT molecular complexity index is 1730. The molecule has 3 aromatic rings. The van der Waals surface area contributed by atoms with Gasteiger partial charge >= 0.3 is 5.97 Å². The molecule has 0 amide bonds. The maximum Gasteiger partial charge on any atom is 0.341 e. The second-order valence-corrected chi connectivity index (χ2v) is 10.7. The number of aromatic nitrogens is 6. The molecule has 238 valence electrons. The molecule has 2 fully saturated rings. The SMILES string of the molecule is O=CC1(C(=O)O)C(Nc2ncnc3c2ncn3[C@@H]2O[C@H](CO)[C@@H](O)[C@H]2O)N=C2c3ncn([C@@H]4O[C@H](CO)[C@@H](O)[C@H]4O)c3N=CN21. The number of ether oxygens (including phenoxy) is 2. The van der Waals surface area contributed by atoms with Crippen molar-refractivity contribution < 1.29 is 54.8 Å². The van der Waals surface area contributed by atoms with Crippen molar-refractivity contribution in [3.05, 3.63) is 24.7 Å². The van der Waals surface area contributed by atoms with Crippen molar-refractivity contribution in [3.8, 4) is 0 Å². The van der Waals surface area contributed by atoms with Gasteiger partial charge in [-0.1, -0.05) is 0 Å². The van der Waals surface area contributed by atoms with E-state index >= 15 is 0 Å². The van der Waals surface area contributed by atoms with Crippen molar-refractivity contribution in [2.24, 2.45) is 9.98 Å². The molecule has 0 saturated carbocycles. The highest BCUT2D eigenvalue weighted by Gasteiger charge is 2.59. The number of hydrogen-bond donors (Lipinski definition) is 8. The van der Waals surface area contributed by atoms with Gasteiger partial charge in [-0.05, 0) is 0 Å². The van der Waals surface area contributed by atoms with Crippen LogP contribution in [-0.2, 0) is 19.1 Å². The molecule has 2 saturated heterocycles. The van der Waals surface area contributed by atoms with Gasteiger partial charge in [-0.15, -0.1) is 0 Å². The predicted octanol–water partition coefficient (Wildman–Crippen LogP) is -4.56. The van der Waals surface area contributed by atoms with E-state index in [1.54, 1.807) is 0 Å². The third kappa shape index (κ3) is 4.03. The third-order valence-corrected chi connectivity index (χ3v) is 8.31. The zero-order chi connectivity index (χ0) is 31.8. The number of fused-ring (bicyclic) bond motifs is 4. The topological polar surface area (TPSA) is 296 Å². The highest BCUT2D eigenvalue weighted by Crippen LogP contribution is 2.40. The number of carboxylic acids is 1. The van der Waals surface area contributed by atoms with Crippen LogP contribution in [0.2, 0.25) is 0 Å². The Morgan fingerprint density at radius 2 is 1.58 bits per heavy atom. The summed E-state index contributed by atoms with van der Waals surface area (Å²) in [6.07, 6.45) is -6.83. The average Bonchev–Trinajstić information content (AvgIpc) is 3.84. The fourth-order valence-corrected chi connectivity index (χ4v) is 5.88. The number of aliphatic imine (C=N–C) groups is 2. The molecule has 0 spiro atoms. The lowest BCUT2D eigenvalue weighted by Crippen LogP contribution is -2.62. The summed E-state index contributed by atoms with van der Waals surface area (Å²) in [4.78, 5) is 51.9. The molecular formula is C24H26N10O11. The minimum absolute atomic E-state index is 0.0356. The first-order valence-corrected chi connectivity index (χ1v) is 13.5. The van der Waals surface area contributed by atoms with Gasteiger partial charge in [-0.3, -0.25) is 18.8 Å². The summed E-state index contributed by atoms with van der Waals surface area (Å²) in [7, 11) is 0. The Kier molecular flexibility index (Phi) is 6.86. The molecule has 2 unspecified atom stereocenters. The standard InChI is InChI=1S/C24H26N10O11/c35-1-8-12(38)14(40)20(44-8)32-5-27-10-16(25-4-26-17(10)32)30-22-24(3-37,23(42)43)34-7-29-18-11(19(34)31-22)28-6-33(18)21-15(41)13(39)9(2-36)45-21/h3-9,12-15,20-22,35-36,38-41H,1-2H2,(H,42,43)(H,25,26,30)/t8-,9-,12-,13-,14-,15-,20-,21-,22?,24?/m1/s1. The van der Waals surface area contributed by atoms with Crippen LogP contribution in [0.25, 0.3) is 11.2 Å². The van der Waals surface area contributed by atoms with Crippen molar-refractivity contribution in [1.29, 1.82) is 0 Å². The molecule has 0 bridgehead atoms. The molecule has 10 atom stereocenters. The Morgan fingerprint density at radius 3 is 2.18 bits per heavy atom. The number of carbonyl (C=O) groups is 2. The van der Waals surface area contributed by atoms with E-state index in [1.165, 1.54) is 21.8 Å². The zero-order valence-corrected chi connectivity index (χ0v) is 22.8. The Balaban J connectivity index is 1.25. The summed E-state index contributed by atoms with van der Waals surface area (Å²) < 4.78 is 13.7. The minimum Gasteiger partial charge on any atom is -0.479 e. The number of amidine groups is 1. The van der Waals surface area contributed by atoms with Crippen LogP contribution in [0.3, 0.4) is 0 Å². The van der Waals surface area contributed by atoms with Crippen LogP contribution in [0, 0.1) is 0 Å². The minimum atomic E-state index is -2.38. The van der Waals surface area contributed by atoms with Crippen LogP contribution in [0.1, 0.15) is 18.1 Å². The summed E-state index contributed by atoms with van der Waals surface area (Å²) in [6.45, 7) is -1.11. The molecule has 7 heterocycles. The van der Waals surface area contributed by atoms with E-state index in [0.717, 1.165) is 17.6 Å². The van der Waals surface area contributed by atoms with Crippen molar-refractivity contribution in [1.82, 2.24) is 34.0 Å². The monoisotopic (exact) mass is 630 g/mol. The molecule has 7 rings (SSSR count). The maximum atomic E-state index is 12.7. The van der Waals surface area contributed by atoms with Gasteiger partial charge in [-0.2, -0.15) is 0 Å². The van der Waals surface area contributed by atoms with Crippen LogP contribution in [0.15, 0.2) is 29.0 Å². The zero-order valence-electron chi connectivity index (χ0n) is 22.8. The second kappa shape index (κ2) is 10.6. The van der Waals surface area contributed by atoms with Crippen LogP contribution in [0.4, 0.5) is 11.6 Å². The largest absolute Gasteiger partial charge is 0.479 e. The number of aliphatic hydroxyl groups is 6. The molecule has 4 aliphatic heterocycles. The van der Waals surface area contributed by atoms with Gasteiger partial charge in [0.1, 0.15) is 49.3 Å². The number of aliphatic carboxylic acids is 1. The summed E-state index contributed by atoms with van der Waals surface area (Å²) >= 11 is 0. The highest BCUT2D eigenvalue weighted by molar-refractivity contribution is 6.18. The van der Waals surface area contributed by atoms with Crippen molar-refractivity contribution in [3.63, 3.8) is 0 Å². The average molecular weight is 631 g/mol. The third-order valence-electron chi connectivity index (χ3n) is 8.31. The number of hydrogen-bond acceptors (Lipinski definition) is 18. The highest BCUT2D eigenvalue weighted by atomic mass is 16.6. The fraction of sp³-hybridized carbons (Fsp3) is 0.500. The maximum absolute atomic E-state index is 12.7. The Hall–Kier alpha value is -4.48. The number of imidazole rings is 2. The molecule has 0 aliphatic carbocycles. The fourth-order valence-electron chi connectivity index (χ4n) is 5.88. The van der Waals surface area contributed by atoms with Gasteiger partial charge in [0.15, 0.2) is 59.2 Å². The summed E-state index contributed by atoms with van der Waals surface area (Å²) in [6, 6.07) is 0. The molecule has 0 aromatic carbocycles. The van der Waals surface area contributed by atoms with Crippen LogP contribution >= 0.6 is 0 Å². The van der Waals surface area contributed by atoms with Gasteiger partial charge in [0.05, 0.1) is 25.9 Å². The smallest absolute Gasteiger partial charge is 0.341 e. The molecule has 45 heavy (non-hydrogen) atoms. The first-order chi connectivity index (χ1) is 21.7. The summed E-state index contributed by atoms with van der Waals surface area (Å²) in [5, 5.41) is 73.5. The van der Waals surface area contributed by atoms with Gasteiger partial charge < -0.3 is 50.5 Å². The summed E-state index contributed by atoms with van der Waals surface area (Å²) in [5.74, 6) is -1.62. The van der Waals surface area contributed by atoms with Crippen LogP contribution in [0.5, 0.6) is 0 Å². The number of carboxylic acid groups (broad SMARTS) is 1. The summed E-state index contributed by atoms with van der Waals surface area (Å²) in [5.41, 5.74) is -2.16. The Morgan fingerprint density at radius 1 is 0.933 bits per heavy atom. The van der Waals surface area contributed by atoms with Gasteiger partial charge in [0.25, 0.3) is 0 Å². The number of rotatable bonds is 8. The normalized spacial score (nSPS) is 35.5. The second-order valence-electron chi connectivity index (χ2n) is 10.7. The number of carbonyl (C=O) groups excluding carboxylic acids is 1. The van der Waals surface area contributed by atoms with E-state index in [2.05, 4.69) is 35.2 Å². The lowest BCUT2D eigenvalue weighted by atomic mass is 9.96. The van der Waals surface area contributed by atoms with Gasteiger partial charge in [0.2, 0.25) is 5.54 Å².